The molecule has 5 nitrogen and oxygen atoms in total. The van der Waals surface area contributed by atoms with Gasteiger partial charge in [-0.2, -0.15) is 0 Å². The largest absolute Gasteiger partial charge is 0.352 e. The first kappa shape index (κ1) is 16.8. The Morgan fingerprint density at radius 2 is 2.00 bits per heavy atom. The summed E-state index contributed by atoms with van der Waals surface area (Å²) in [5.41, 5.74) is 2.57. The van der Waals surface area contributed by atoms with E-state index in [0.29, 0.717) is 11.8 Å². The fourth-order valence-corrected chi connectivity index (χ4v) is 3.52. The van der Waals surface area contributed by atoms with Gasteiger partial charge in [0, 0.05) is 45.3 Å². The minimum Gasteiger partial charge on any atom is -0.352 e. The van der Waals surface area contributed by atoms with Gasteiger partial charge in [0.25, 0.3) is 0 Å². The zero-order valence-corrected chi connectivity index (χ0v) is 15.0. The van der Waals surface area contributed by atoms with Crippen molar-refractivity contribution in [3.05, 3.63) is 29.8 Å². The molecule has 3 rings (SSSR count). The summed E-state index contributed by atoms with van der Waals surface area (Å²) in [5.74, 6) is 1.21. The van der Waals surface area contributed by atoms with Crippen molar-refractivity contribution in [3.8, 4) is 0 Å². The summed E-state index contributed by atoms with van der Waals surface area (Å²) >= 11 is 0. The molecule has 1 N–H and O–H groups in total. The number of carbonyl (C=O) groups excluding carboxylic acids is 1. The van der Waals surface area contributed by atoms with Crippen LogP contribution in [0, 0.1) is 5.41 Å². The summed E-state index contributed by atoms with van der Waals surface area (Å²) in [6.07, 6.45) is 2.84. The van der Waals surface area contributed by atoms with Crippen LogP contribution in [0.5, 0.6) is 0 Å². The maximum absolute atomic E-state index is 11.8. The highest BCUT2D eigenvalue weighted by Gasteiger charge is 2.30. The van der Waals surface area contributed by atoms with Gasteiger partial charge in [-0.25, -0.2) is 0 Å². The van der Waals surface area contributed by atoms with Crippen molar-refractivity contribution in [2.45, 2.75) is 39.7 Å². The van der Waals surface area contributed by atoms with E-state index in [-0.39, 0.29) is 5.91 Å². The number of amides is 1. The van der Waals surface area contributed by atoms with Crippen molar-refractivity contribution in [2.24, 2.45) is 10.4 Å². The van der Waals surface area contributed by atoms with Crippen molar-refractivity contribution < 1.29 is 4.79 Å². The van der Waals surface area contributed by atoms with Crippen LogP contribution in [0.15, 0.2) is 29.3 Å². The van der Waals surface area contributed by atoms with E-state index in [0.717, 1.165) is 44.2 Å². The highest BCUT2D eigenvalue weighted by molar-refractivity contribution is 5.95. The first-order valence-corrected chi connectivity index (χ1v) is 8.83. The van der Waals surface area contributed by atoms with E-state index in [9.17, 15) is 4.79 Å². The highest BCUT2D eigenvalue weighted by atomic mass is 16.2. The number of rotatable bonds is 3. The zero-order chi connectivity index (χ0) is 17.2. The van der Waals surface area contributed by atoms with Gasteiger partial charge in [0.2, 0.25) is 5.91 Å². The molecular weight excluding hydrogens is 300 g/mol. The highest BCUT2D eigenvalue weighted by Crippen LogP contribution is 2.28. The van der Waals surface area contributed by atoms with Crippen molar-refractivity contribution >= 4 is 17.6 Å². The van der Waals surface area contributed by atoms with E-state index >= 15 is 0 Å². The van der Waals surface area contributed by atoms with Gasteiger partial charge >= 0.3 is 0 Å². The lowest BCUT2D eigenvalue weighted by atomic mass is 9.93. The van der Waals surface area contributed by atoms with Crippen molar-refractivity contribution in [1.29, 1.82) is 0 Å². The third-order valence-electron chi connectivity index (χ3n) is 4.96. The summed E-state index contributed by atoms with van der Waals surface area (Å²) in [6.45, 7) is 8.30. The molecule has 1 aromatic rings. The Bertz CT molecular complexity index is 621. The second-order valence-corrected chi connectivity index (χ2v) is 7.55. The standard InChI is InChI=1S/C19H28N4O/c1-19(2)10-12-22(14-19)18(20-3)21-13-15-6-8-16(9-7-15)23-11-4-5-17(23)24/h6-9H,4-5,10-14H2,1-3H3,(H,20,21). The molecule has 0 radical (unpaired) electrons. The third kappa shape index (κ3) is 3.71. The van der Waals surface area contributed by atoms with Crippen LogP contribution in [-0.4, -0.2) is 43.4 Å². The molecule has 2 heterocycles. The number of aliphatic imine (C=N–C) groups is 1. The summed E-state index contributed by atoms with van der Waals surface area (Å²) in [4.78, 5) is 20.4. The second-order valence-electron chi connectivity index (χ2n) is 7.55. The van der Waals surface area contributed by atoms with Gasteiger partial charge < -0.3 is 15.1 Å². The van der Waals surface area contributed by atoms with Crippen LogP contribution in [0.4, 0.5) is 5.69 Å². The molecule has 130 valence electrons. The fourth-order valence-electron chi connectivity index (χ4n) is 3.52. The Kier molecular flexibility index (Phi) is 4.78. The lowest BCUT2D eigenvalue weighted by Gasteiger charge is -2.24. The van der Waals surface area contributed by atoms with Crippen molar-refractivity contribution in [2.75, 3.05) is 31.6 Å². The lowest BCUT2D eigenvalue weighted by molar-refractivity contribution is -0.117. The summed E-state index contributed by atoms with van der Waals surface area (Å²) in [5, 5.41) is 3.46. The first-order chi connectivity index (χ1) is 11.5. The zero-order valence-electron chi connectivity index (χ0n) is 15.0. The molecule has 0 spiro atoms. The molecule has 0 aliphatic carbocycles. The van der Waals surface area contributed by atoms with Crippen LogP contribution in [0.25, 0.3) is 0 Å². The molecule has 2 aliphatic rings. The minimum atomic E-state index is 0.234. The van der Waals surface area contributed by atoms with E-state index in [1.54, 1.807) is 0 Å². The smallest absolute Gasteiger partial charge is 0.227 e. The molecule has 1 aromatic carbocycles. The predicted octanol–water partition coefficient (Wildman–Crippen LogP) is 2.62. The molecule has 0 saturated carbocycles. The van der Waals surface area contributed by atoms with Crippen molar-refractivity contribution in [3.63, 3.8) is 0 Å². The molecule has 2 aliphatic heterocycles. The van der Waals surface area contributed by atoms with E-state index < -0.39 is 0 Å². The Hall–Kier alpha value is -2.04. The Morgan fingerprint density at radius 3 is 2.54 bits per heavy atom. The van der Waals surface area contributed by atoms with Gasteiger partial charge in [0.15, 0.2) is 5.96 Å². The number of anilines is 1. The number of nitrogens with one attached hydrogen (secondary N) is 1. The third-order valence-corrected chi connectivity index (χ3v) is 4.96. The van der Waals surface area contributed by atoms with Crippen molar-refractivity contribution in [1.82, 2.24) is 10.2 Å². The van der Waals surface area contributed by atoms with E-state index in [4.69, 9.17) is 0 Å². The SMILES string of the molecule is CN=C(NCc1ccc(N2CCCC2=O)cc1)N1CCC(C)(C)C1. The van der Waals surface area contributed by atoms with Gasteiger partial charge in [-0.1, -0.05) is 26.0 Å². The molecule has 0 bridgehead atoms. The Labute approximate surface area is 144 Å². The number of nitrogens with zero attached hydrogens (tertiary/aromatic N) is 3. The average Bonchev–Trinajstić information content (AvgIpc) is 3.14. The average molecular weight is 328 g/mol. The van der Waals surface area contributed by atoms with E-state index in [2.05, 4.69) is 41.2 Å². The fraction of sp³-hybridized carbons (Fsp3) is 0.579. The molecule has 1 amide bonds. The number of hydrogen-bond acceptors (Lipinski definition) is 2. The van der Waals surface area contributed by atoms with Crippen LogP contribution in [-0.2, 0) is 11.3 Å². The normalized spacial score (nSPS) is 20.8. The number of likely N-dealkylation sites (tertiary alicyclic amines) is 1. The number of guanidine groups is 1. The van der Waals surface area contributed by atoms with Crippen LogP contribution in [0.3, 0.4) is 0 Å². The lowest BCUT2D eigenvalue weighted by Crippen LogP contribution is -2.40. The molecule has 0 unspecified atom stereocenters. The Balaban J connectivity index is 1.57. The minimum absolute atomic E-state index is 0.234. The van der Waals surface area contributed by atoms with Crippen LogP contribution in [0.2, 0.25) is 0 Å². The van der Waals surface area contributed by atoms with Crippen LogP contribution >= 0.6 is 0 Å². The van der Waals surface area contributed by atoms with E-state index in [1.165, 1.54) is 12.0 Å². The molecule has 0 aromatic heterocycles. The maximum Gasteiger partial charge on any atom is 0.227 e. The number of hydrogen-bond donors (Lipinski definition) is 1. The van der Waals surface area contributed by atoms with E-state index in [1.807, 2.05) is 24.1 Å². The first-order valence-electron chi connectivity index (χ1n) is 8.83. The molecule has 0 atom stereocenters. The monoisotopic (exact) mass is 328 g/mol. The summed E-state index contributed by atoms with van der Waals surface area (Å²) in [7, 11) is 1.84. The van der Waals surface area contributed by atoms with Gasteiger partial charge in [-0.3, -0.25) is 9.79 Å². The molecule has 2 saturated heterocycles. The molecule has 2 fully saturated rings. The predicted molar refractivity (Wildman–Crippen MR) is 98.2 cm³/mol. The van der Waals surface area contributed by atoms with Gasteiger partial charge in [-0.05, 0) is 36.0 Å². The van der Waals surface area contributed by atoms with Crippen LogP contribution < -0.4 is 10.2 Å². The molecular formula is C19H28N4O. The Morgan fingerprint density at radius 1 is 1.25 bits per heavy atom. The summed E-state index contributed by atoms with van der Waals surface area (Å²) in [6, 6.07) is 8.27. The molecule has 5 heteroatoms. The van der Waals surface area contributed by atoms with Gasteiger partial charge in [0.05, 0.1) is 0 Å². The number of carbonyl (C=O) groups is 1. The topological polar surface area (TPSA) is 47.9 Å². The van der Waals surface area contributed by atoms with Gasteiger partial charge in [0.1, 0.15) is 0 Å². The quantitative estimate of drug-likeness (QED) is 0.685. The summed E-state index contributed by atoms with van der Waals surface area (Å²) < 4.78 is 0. The second kappa shape index (κ2) is 6.83. The molecule has 24 heavy (non-hydrogen) atoms. The maximum atomic E-state index is 11.8. The van der Waals surface area contributed by atoms with Crippen LogP contribution in [0.1, 0.15) is 38.7 Å². The number of benzene rings is 1. The van der Waals surface area contributed by atoms with Gasteiger partial charge in [-0.15, -0.1) is 0 Å².